The van der Waals surface area contributed by atoms with Crippen LogP contribution in [0.5, 0.6) is 5.75 Å². The van der Waals surface area contributed by atoms with E-state index in [0.29, 0.717) is 35.6 Å². The molecule has 1 aromatic heterocycles. The number of ether oxygens (including phenoxy) is 1. The lowest BCUT2D eigenvalue weighted by molar-refractivity contribution is 0.0936. The van der Waals surface area contributed by atoms with E-state index in [1.54, 1.807) is 7.11 Å². The topological polar surface area (TPSA) is 56.2 Å². The molecule has 1 saturated carbocycles. The largest absolute Gasteiger partial charge is 0.496 e. The predicted octanol–water partition coefficient (Wildman–Crippen LogP) is 6.38. The second-order valence-electron chi connectivity index (χ2n) is 9.70. The highest BCUT2D eigenvalue weighted by atomic mass is 35.5. The van der Waals surface area contributed by atoms with Gasteiger partial charge in [0, 0.05) is 18.7 Å². The van der Waals surface area contributed by atoms with Crippen molar-refractivity contribution in [3.05, 3.63) is 34.5 Å². The van der Waals surface area contributed by atoms with Gasteiger partial charge in [0.25, 0.3) is 5.91 Å². The van der Waals surface area contributed by atoms with Crippen molar-refractivity contribution in [3.63, 3.8) is 0 Å². The predicted molar refractivity (Wildman–Crippen MR) is 132 cm³/mol. The van der Waals surface area contributed by atoms with E-state index in [1.165, 1.54) is 31.2 Å². The van der Waals surface area contributed by atoms with Crippen LogP contribution in [0.2, 0.25) is 5.02 Å². The Morgan fingerprint density at radius 1 is 1.28 bits per heavy atom. The van der Waals surface area contributed by atoms with Gasteiger partial charge in [-0.15, -0.1) is 0 Å². The fourth-order valence-electron chi connectivity index (χ4n) is 4.60. The van der Waals surface area contributed by atoms with Crippen LogP contribution < -0.4 is 10.1 Å². The molecule has 1 aromatic carbocycles. The first kappa shape index (κ1) is 24.6. The Hall–Kier alpha value is -2.01. The van der Waals surface area contributed by atoms with Gasteiger partial charge in [-0.25, -0.2) is 0 Å². The van der Waals surface area contributed by atoms with Crippen LogP contribution in [-0.2, 0) is 13.0 Å². The minimum atomic E-state index is -0.194. The zero-order valence-electron chi connectivity index (χ0n) is 20.2. The van der Waals surface area contributed by atoms with Gasteiger partial charge < -0.3 is 10.1 Å². The van der Waals surface area contributed by atoms with Crippen LogP contribution >= 0.6 is 11.6 Å². The molecule has 1 N–H and O–H groups in total. The quantitative estimate of drug-likeness (QED) is 0.473. The third-order valence-corrected chi connectivity index (χ3v) is 6.75. The first-order valence-corrected chi connectivity index (χ1v) is 12.4. The van der Waals surface area contributed by atoms with Crippen LogP contribution in [0.4, 0.5) is 0 Å². The number of halogens is 1. The van der Waals surface area contributed by atoms with Crippen molar-refractivity contribution in [2.24, 2.45) is 17.8 Å². The number of aryl methyl sites for hydroxylation is 1. The number of aromatic nitrogens is 2. The van der Waals surface area contributed by atoms with Crippen LogP contribution in [-0.4, -0.2) is 29.3 Å². The Labute approximate surface area is 197 Å². The number of methoxy groups -OCH3 is 1. The lowest BCUT2D eigenvalue weighted by Gasteiger charge is -2.26. The number of nitrogens with zero attached hydrogens (tertiary/aromatic N) is 2. The van der Waals surface area contributed by atoms with Crippen molar-refractivity contribution in [1.29, 1.82) is 0 Å². The molecule has 1 aliphatic rings. The van der Waals surface area contributed by atoms with Crippen LogP contribution in [0, 0.1) is 17.8 Å². The first-order valence-electron chi connectivity index (χ1n) is 12.1. The zero-order valence-corrected chi connectivity index (χ0v) is 21.0. The van der Waals surface area contributed by atoms with Gasteiger partial charge in [0.05, 0.1) is 17.8 Å². The number of rotatable bonds is 9. The third kappa shape index (κ3) is 5.86. The van der Waals surface area contributed by atoms with E-state index >= 15 is 0 Å². The summed E-state index contributed by atoms with van der Waals surface area (Å²) in [7, 11) is 1.67. The SMILES string of the molecule is CCCn1nc(C(=O)NCC2CCC(C)CC2)c(Cl)c1-c1ccc(CC(C)C)cc1OC. The molecule has 6 heteroatoms. The molecule has 0 spiro atoms. The molecular formula is C26H38ClN3O2. The van der Waals surface area contributed by atoms with Crippen LogP contribution in [0.1, 0.15) is 75.9 Å². The highest BCUT2D eigenvalue weighted by Gasteiger charge is 2.26. The smallest absolute Gasteiger partial charge is 0.273 e. The van der Waals surface area contributed by atoms with E-state index in [1.807, 2.05) is 10.7 Å². The maximum atomic E-state index is 13.0. The molecular weight excluding hydrogens is 422 g/mol. The Balaban J connectivity index is 1.86. The Morgan fingerprint density at radius 2 is 2.00 bits per heavy atom. The molecule has 1 aliphatic carbocycles. The molecule has 2 aromatic rings. The number of hydrogen-bond acceptors (Lipinski definition) is 3. The normalized spacial score (nSPS) is 18.7. The van der Waals surface area contributed by atoms with E-state index in [2.05, 4.69) is 50.2 Å². The fourth-order valence-corrected chi connectivity index (χ4v) is 4.92. The molecule has 0 atom stereocenters. The van der Waals surface area contributed by atoms with E-state index in [9.17, 15) is 4.79 Å². The van der Waals surface area contributed by atoms with Gasteiger partial charge >= 0.3 is 0 Å². The third-order valence-electron chi connectivity index (χ3n) is 6.40. The first-order chi connectivity index (χ1) is 15.3. The standard InChI is InChI=1S/C26H38ClN3O2/c1-6-13-30-25(21-12-11-20(14-17(2)3)15-22(21)32-5)23(27)24(29-30)26(31)28-16-19-9-7-18(4)8-10-19/h11-12,15,17-19H,6-10,13-14,16H2,1-5H3,(H,28,31). The molecule has 5 nitrogen and oxygen atoms in total. The maximum absolute atomic E-state index is 13.0. The Morgan fingerprint density at radius 3 is 2.62 bits per heavy atom. The van der Waals surface area contributed by atoms with Crippen LogP contribution in [0.15, 0.2) is 18.2 Å². The second kappa shape index (κ2) is 11.2. The molecule has 3 rings (SSSR count). The molecule has 1 amide bonds. The summed E-state index contributed by atoms with van der Waals surface area (Å²) in [5.41, 5.74) is 3.13. The van der Waals surface area contributed by atoms with E-state index < -0.39 is 0 Å². The van der Waals surface area contributed by atoms with E-state index in [4.69, 9.17) is 16.3 Å². The van der Waals surface area contributed by atoms with Crippen molar-refractivity contribution in [1.82, 2.24) is 15.1 Å². The van der Waals surface area contributed by atoms with Crippen molar-refractivity contribution in [2.75, 3.05) is 13.7 Å². The van der Waals surface area contributed by atoms with Gasteiger partial charge in [-0.05, 0) is 61.1 Å². The molecule has 0 saturated heterocycles. The number of benzene rings is 1. The van der Waals surface area contributed by atoms with E-state index in [-0.39, 0.29) is 5.91 Å². The van der Waals surface area contributed by atoms with Gasteiger partial charge in [-0.1, -0.05) is 58.2 Å². The average Bonchev–Trinajstić information content (AvgIpc) is 3.08. The molecule has 0 unspecified atom stereocenters. The summed E-state index contributed by atoms with van der Waals surface area (Å²) in [5, 5.41) is 8.09. The summed E-state index contributed by atoms with van der Waals surface area (Å²) in [4.78, 5) is 13.0. The number of nitrogens with one attached hydrogen (secondary N) is 1. The molecule has 0 radical (unpaired) electrons. The highest BCUT2D eigenvalue weighted by molar-refractivity contribution is 6.36. The summed E-state index contributed by atoms with van der Waals surface area (Å²) in [6, 6.07) is 6.22. The lowest BCUT2D eigenvalue weighted by Crippen LogP contribution is -2.31. The summed E-state index contributed by atoms with van der Waals surface area (Å²) >= 11 is 6.79. The van der Waals surface area contributed by atoms with Crippen molar-refractivity contribution < 1.29 is 9.53 Å². The number of amides is 1. The summed E-state index contributed by atoms with van der Waals surface area (Å²) in [5.74, 6) is 2.46. The van der Waals surface area contributed by atoms with Gasteiger partial charge in [-0.3, -0.25) is 9.48 Å². The molecule has 1 fully saturated rings. The van der Waals surface area contributed by atoms with Crippen molar-refractivity contribution >= 4 is 17.5 Å². The second-order valence-corrected chi connectivity index (χ2v) is 10.1. The number of hydrogen-bond donors (Lipinski definition) is 1. The Kier molecular flexibility index (Phi) is 8.64. The molecule has 0 aliphatic heterocycles. The molecule has 32 heavy (non-hydrogen) atoms. The zero-order chi connectivity index (χ0) is 23.3. The van der Waals surface area contributed by atoms with Crippen LogP contribution in [0.25, 0.3) is 11.3 Å². The van der Waals surface area contributed by atoms with Gasteiger partial charge in [0.15, 0.2) is 5.69 Å². The molecule has 0 bridgehead atoms. The van der Waals surface area contributed by atoms with Crippen molar-refractivity contribution in [2.45, 2.75) is 72.8 Å². The number of carbonyl (C=O) groups is 1. The minimum Gasteiger partial charge on any atom is -0.496 e. The van der Waals surface area contributed by atoms with Crippen molar-refractivity contribution in [3.8, 4) is 17.0 Å². The lowest BCUT2D eigenvalue weighted by atomic mass is 9.83. The average molecular weight is 460 g/mol. The van der Waals surface area contributed by atoms with Gasteiger partial charge in [0.2, 0.25) is 0 Å². The fraction of sp³-hybridized carbons (Fsp3) is 0.615. The minimum absolute atomic E-state index is 0.194. The Bertz CT molecular complexity index is 914. The molecule has 1 heterocycles. The monoisotopic (exact) mass is 459 g/mol. The van der Waals surface area contributed by atoms with Crippen LogP contribution in [0.3, 0.4) is 0 Å². The maximum Gasteiger partial charge on any atom is 0.273 e. The summed E-state index contributed by atoms with van der Waals surface area (Å²) in [6.45, 7) is 10.2. The van der Waals surface area contributed by atoms with Gasteiger partial charge in [-0.2, -0.15) is 5.10 Å². The number of carbonyl (C=O) groups excluding carboxylic acids is 1. The molecule has 176 valence electrons. The summed E-state index contributed by atoms with van der Waals surface area (Å²) in [6.07, 6.45) is 6.69. The summed E-state index contributed by atoms with van der Waals surface area (Å²) < 4.78 is 7.56. The van der Waals surface area contributed by atoms with Gasteiger partial charge in [0.1, 0.15) is 5.75 Å². The van der Waals surface area contributed by atoms with E-state index in [0.717, 1.165) is 35.8 Å². The highest BCUT2D eigenvalue weighted by Crippen LogP contribution is 2.38.